The Hall–Kier alpha value is -2.24. The summed E-state index contributed by atoms with van der Waals surface area (Å²) in [6, 6.07) is 0. The van der Waals surface area contributed by atoms with Crippen molar-refractivity contribution in [2.24, 2.45) is 11.8 Å². The second kappa shape index (κ2) is 45.3. The van der Waals surface area contributed by atoms with Gasteiger partial charge in [-0.25, -0.2) is 0 Å². The van der Waals surface area contributed by atoms with Crippen LogP contribution in [0.4, 0.5) is 0 Å². The van der Waals surface area contributed by atoms with Crippen LogP contribution < -0.4 is 0 Å². The topological polar surface area (TPSA) is 155 Å². The maximum atomic E-state index is 11.9. The lowest BCUT2D eigenvalue weighted by atomic mass is 9.97. The Morgan fingerprint density at radius 2 is 0.644 bits per heavy atom. The first-order valence-corrected chi connectivity index (χ1v) is 24.3. The second-order valence-corrected chi connectivity index (χ2v) is 16.5. The van der Waals surface area contributed by atoms with E-state index in [1.54, 1.807) is 0 Å². The first kappa shape index (κ1) is 56.8. The largest absolute Gasteiger partial charge is 0.481 e. The molecule has 2 N–H and O–H groups in total. The molecule has 59 heavy (non-hydrogen) atoms. The van der Waals surface area contributed by atoms with Crippen molar-refractivity contribution in [3.63, 3.8) is 0 Å². The molecule has 0 radical (unpaired) electrons. The van der Waals surface area contributed by atoms with Crippen LogP contribution in [0.5, 0.6) is 0 Å². The molecule has 0 aromatic rings. The van der Waals surface area contributed by atoms with Crippen molar-refractivity contribution in [2.75, 3.05) is 52.9 Å². The van der Waals surface area contributed by atoms with Gasteiger partial charge in [-0.1, -0.05) is 155 Å². The molecule has 348 valence electrons. The maximum absolute atomic E-state index is 11.9. The molecule has 0 saturated heterocycles. The van der Waals surface area contributed by atoms with Crippen LogP contribution in [-0.4, -0.2) is 86.9 Å². The minimum absolute atomic E-state index is 0.179. The van der Waals surface area contributed by atoms with Crippen LogP contribution in [0.2, 0.25) is 0 Å². The number of aliphatic carboxylic acids is 2. The van der Waals surface area contributed by atoms with E-state index in [1.165, 1.54) is 64.2 Å². The number of carboxylic acids is 2. The molecule has 0 rings (SSSR count). The minimum Gasteiger partial charge on any atom is -0.481 e. The standard InChI is InChI=1S/C48H90O11/c1-3-5-7-9-11-19-25-31-45(49)58-41-39-56-37-33-43(47(51)52)29-23-17-13-15-21-27-35-55-36-28-22-16-14-18-24-30-44(48(53)54)34-38-57-40-42-59-46(50)32-26-20-12-10-8-6-4-2/h43-44H,3-42H2,1-2H3,(H,51,52)(H,53,54). The number of carbonyl (C=O) groups excluding carboxylic acids is 2. The average Bonchev–Trinajstić information content (AvgIpc) is 3.21. The number of hydrogen-bond acceptors (Lipinski definition) is 9. The average molecular weight is 843 g/mol. The zero-order valence-corrected chi connectivity index (χ0v) is 38.0. The zero-order valence-electron chi connectivity index (χ0n) is 38.0. The van der Waals surface area contributed by atoms with Gasteiger partial charge < -0.3 is 33.9 Å². The van der Waals surface area contributed by atoms with Gasteiger partial charge in [-0.3, -0.25) is 19.2 Å². The fourth-order valence-corrected chi connectivity index (χ4v) is 7.17. The van der Waals surface area contributed by atoms with E-state index < -0.39 is 23.8 Å². The summed E-state index contributed by atoms with van der Waals surface area (Å²) in [5.74, 6) is -2.69. The van der Waals surface area contributed by atoms with Crippen molar-refractivity contribution in [3.8, 4) is 0 Å². The number of unbranched alkanes of at least 4 members (excludes halogenated alkanes) is 22. The third-order valence-corrected chi connectivity index (χ3v) is 11.1. The van der Waals surface area contributed by atoms with E-state index in [2.05, 4.69) is 13.8 Å². The molecule has 0 aliphatic heterocycles. The predicted octanol–water partition coefficient (Wildman–Crippen LogP) is 12.0. The van der Waals surface area contributed by atoms with Gasteiger partial charge in [-0.05, 0) is 51.4 Å². The summed E-state index contributed by atoms with van der Waals surface area (Å²) in [6.07, 6.45) is 32.2. The van der Waals surface area contributed by atoms with Crippen LogP contribution in [-0.2, 0) is 42.9 Å². The third kappa shape index (κ3) is 42.2. The highest BCUT2D eigenvalue weighted by Crippen LogP contribution is 2.18. The van der Waals surface area contributed by atoms with Crippen molar-refractivity contribution in [3.05, 3.63) is 0 Å². The van der Waals surface area contributed by atoms with Crippen LogP contribution in [0, 0.1) is 11.8 Å². The zero-order chi connectivity index (χ0) is 43.3. The molecule has 0 spiro atoms. The normalized spacial score (nSPS) is 12.4. The molecule has 0 bridgehead atoms. The fraction of sp³-hybridized carbons (Fsp3) is 0.917. The Balaban J connectivity index is 3.58. The van der Waals surface area contributed by atoms with Crippen molar-refractivity contribution in [2.45, 2.75) is 219 Å². The Morgan fingerprint density at radius 3 is 1.00 bits per heavy atom. The smallest absolute Gasteiger partial charge is 0.306 e. The quantitative estimate of drug-likeness (QED) is 0.0444. The summed E-state index contributed by atoms with van der Waals surface area (Å²) >= 11 is 0. The Kier molecular flexibility index (Phi) is 43.6. The highest BCUT2D eigenvalue weighted by Gasteiger charge is 2.18. The van der Waals surface area contributed by atoms with Gasteiger partial charge in [-0.2, -0.15) is 0 Å². The summed E-state index contributed by atoms with van der Waals surface area (Å²) in [4.78, 5) is 47.1. The first-order chi connectivity index (χ1) is 28.8. The number of ether oxygens (including phenoxy) is 5. The SMILES string of the molecule is CCCCCCCCCC(=O)OCCOCCC(CCCCCCCCOCCCCCCCCC(CCOCCOC(=O)CCCCCCCCC)C(=O)O)C(=O)O. The number of carbonyl (C=O) groups is 4. The van der Waals surface area contributed by atoms with Gasteiger partial charge in [0.25, 0.3) is 0 Å². The van der Waals surface area contributed by atoms with Crippen LogP contribution in [0.3, 0.4) is 0 Å². The number of hydrogen-bond donors (Lipinski definition) is 2. The van der Waals surface area contributed by atoms with Gasteiger partial charge in [0.1, 0.15) is 13.2 Å². The van der Waals surface area contributed by atoms with Gasteiger partial charge in [0, 0.05) is 39.3 Å². The lowest BCUT2D eigenvalue weighted by Crippen LogP contribution is -2.17. The molecule has 0 amide bonds. The van der Waals surface area contributed by atoms with E-state index in [4.69, 9.17) is 23.7 Å². The first-order valence-electron chi connectivity index (χ1n) is 24.3. The Morgan fingerprint density at radius 1 is 0.339 bits per heavy atom. The molecule has 11 nitrogen and oxygen atoms in total. The molecule has 0 aromatic carbocycles. The summed E-state index contributed by atoms with van der Waals surface area (Å²) in [5.41, 5.74) is 0. The Bertz CT molecular complexity index is 885. The lowest BCUT2D eigenvalue weighted by Gasteiger charge is -2.13. The molecular formula is C48H90O11. The predicted molar refractivity (Wildman–Crippen MR) is 236 cm³/mol. The van der Waals surface area contributed by atoms with E-state index in [1.807, 2.05) is 0 Å². The summed E-state index contributed by atoms with van der Waals surface area (Å²) in [5, 5.41) is 19.2. The number of rotatable bonds is 48. The van der Waals surface area contributed by atoms with E-state index in [0.29, 0.717) is 65.0 Å². The van der Waals surface area contributed by atoms with Crippen LogP contribution in [0.1, 0.15) is 219 Å². The molecule has 0 saturated carbocycles. The second-order valence-electron chi connectivity index (χ2n) is 16.5. The highest BCUT2D eigenvalue weighted by molar-refractivity contribution is 5.70. The molecule has 0 aliphatic carbocycles. The van der Waals surface area contributed by atoms with Gasteiger partial charge in [-0.15, -0.1) is 0 Å². The molecule has 0 aromatic heterocycles. The van der Waals surface area contributed by atoms with Crippen LogP contribution in [0.15, 0.2) is 0 Å². The molecule has 2 atom stereocenters. The van der Waals surface area contributed by atoms with Gasteiger partial charge in [0.15, 0.2) is 0 Å². The molecule has 0 aliphatic rings. The highest BCUT2D eigenvalue weighted by atomic mass is 16.6. The third-order valence-electron chi connectivity index (χ3n) is 11.1. The minimum atomic E-state index is -0.767. The lowest BCUT2D eigenvalue weighted by molar-refractivity contribution is -0.146. The summed E-state index contributed by atoms with van der Waals surface area (Å²) < 4.78 is 27.4. The van der Waals surface area contributed by atoms with Gasteiger partial charge in [0.05, 0.1) is 25.0 Å². The van der Waals surface area contributed by atoms with Crippen molar-refractivity contribution in [1.29, 1.82) is 0 Å². The van der Waals surface area contributed by atoms with E-state index in [-0.39, 0.29) is 25.2 Å². The van der Waals surface area contributed by atoms with E-state index in [9.17, 15) is 29.4 Å². The van der Waals surface area contributed by atoms with Gasteiger partial charge in [0.2, 0.25) is 0 Å². The molecule has 11 heteroatoms. The van der Waals surface area contributed by atoms with Crippen LogP contribution >= 0.6 is 0 Å². The van der Waals surface area contributed by atoms with Gasteiger partial charge >= 0.3 is 23.9 Å². The molecular weight excluding hydrogens is 753 g/mol. The molecule has 0 heterocycles. The van der Waals surface area contributed by atoms with Crippen molar-refractivity contribution < 1.29 is 53.1 Å². The van der Waals surface area contributed by atoms with Crippen molar-refractivity contribution >= 4 is 23.9 Å². The van der Waals surface area contributed by atoms with Crippen molar-refractivity contribution in [1.82, 2.24) is 0 Å². The van der Waals surface area contributed by atoms with E-state index in [0.717, 1.165) is 116 Å². The number of esters is 2. The Labute approximate surface area is 360 Å². The van der Waals surface area contributed by atoms with E-state index >= 15 is 0 Å². The fourth-order valence-electron chi connectivity index (χ4n) is 7.17. The molecule has 0 fully saturated rings. The maximum Gasteiger partial charge on any atom is 0.306 e. The molecule has 2 unspecified atom stereocenters. The number of carboxylic acid groups (broad SMARTS) is 2. The summed E-state index contributed by atoms with van der Waals surface area (Å²) in [7, 11) is 0. The monoisotopic (exact) mass is 843 g/mol. The summed E-state index contributed by atoms with van der Waals surface area (Å²) in [6.45, 7) is 7.75. The van der Waals surface area contributed by atoms with Crippen LogP contribution in [0.25, 0.3) is 0 Å².